The van der Waals surface area contributed by atoms with E-state index in [1.807, 2.05) is 72.8 Å². The molecule has 0 spiro atoms. The molecule has 0 aliphatic heterocycles. The molecule has 0 atom stereocenters. The number of benzene rings is 3. The van der Waals surface area contributed by atoms with Gasteiger partial charge in [0.15, 0.2) is 0 Å². The Balaban J connectivity index is 1.38. The van der Waals surface area contributed by atoms with Crippen molar-refractivity contribution >= 4 is 29.2 Å². The van der Waals surface area contributed by atoms with E-state index < -0.39 is 0 Å². The molecule has 170 valence electrons. The zero-order valence-electron chi connectivity index (χ0n) is 18.9. The molecule has 1 amide bonds. The Morgan fingerprint density at radius 3 is 2.35 bits per heavy atom. The van der Waals surface area contributed by atoms with Crippen molar-refractivity contribution in [3.05, 3.63) is 96.8 Å². The molecule has 0 unspecified atom stereocenters. The molecule has 7 nitrogen and oxygen atoms in total. The average Bonchev–Trinajstić information content (AvgIpc) is 2.89. The van der Waals surface area contributed by atoms with Crippen molar-refractivity contribution < 1.29 is 14.3 Å². The van der Waals surface area contributed by atoms with Crippen LogP contribution in [-0.4, -0.2) is 30.1 Å². The van der Waals surface area contributed by atoms with Gasteiger partial charge in [-0.15, -0.1) is 0 Å². The van der Waals surface area contributed by atoms with Crippen molar-refractivity contribution in [3.63, 3.8) is 0 Å². The Kier molecular flexibility index (Phi) is 7.15. The summed E-state index contributed by atoms with van der Waals surface area (Å²) in [7, 11) is 3.17. The van der Waals surface area contributed by atoms with E-state index in [9.17, 15) is 4.79 Å². The number of nitrogens with zero attached hydrogens (tertiary/aromatic N) is 2. The highest BCUT2D eigenvalue weighted by Crippen LogP contribution is 2.26. The highest BCUT2D eigenvalue weighted by atomic mass is 16.5. The molecule has 0 aliphatic carbocycles. The first-order valence-corrected chi connectivity index (χ1v) is 10.6. The summed E-state index contributed by atoms with van der Waals surface area (Å²) < 4.78 is 10.5. The fourth-order valence-corrected chi connectivity index (χ4v) is 3.28. The van der Waals surface area contributed by atoms with E-state index in [1.54, 1.807) is 26.4 Å². The van der Waals surface area contributed by atoms with Gasteiger partial charge in [-0.1, -0.05) is 30.3 Å². The number of anilines is 3. The molecule has 0 bridgehead atoms. The topological polar surface area (TPSA) is 85.4 Å². The quantitative estimate of drug-likeness (QED) is 0.341. The lowest BCUT2D eigenvalue weighted by Gasteiger charge is -2.09. The van der Waals surface area contributed by atoms with E-state index in [1.165, 1.54) is 12.4 Å². The molecule has 0 saturated carbocycles. The van der Waals surface area contributed by atoms with Gasteiger partial charge in [-0.25, -0.2) is 9.97 Å². The van der Waals surface area contributed by atoms with Crippen molar-refractivity contribution in [2.45, 2.75) is 0 Å². The molecule has 4 aromatic rings. The van der Waals surface area contributed by atoms with Crippen LogP contribution in [-0.2, 0) is 4.79 Å². The molecule has 7 heteroatoms. The van der Waals surface area contributed by atoms with Gasteiger partial charge in [-0.3, -0.25) is 4.79 Å². The van der Waals surface area contributed by atoms with Gasteiger partial charge in [0.25, 0.3) is 0 Å². The molecule has 1 aromatic heterocycles. The van der Waals surface area contributed by atoms with Gasteiger partial charge < -0.3 is 20.1 Å². The summed E-state index contributed by atoms with van der Waals surface area (Å²) in [6, 6.07) is 24.6. The van der Waals surface area contributed by atoms with Gasteiger partial charge in [-0.2, -0.15) is 0 Å². The number of aromatic nitrogens is 2. The van der Waals surface area contributed by atoms with Crippen LogP contribution in [0.4, 0.5) is 17.2 Å². The van der Waals surface area contributed by atoms with Crippen LogP contribution in [0.15, 0.2) is 91.3 Å². The van der Waals surface area contributed by atoms with E-state index in [-0.39, 0.29) is 5.91 Å². The molecule has 34 heavy (non-hydrogen) atoms. The lowest BCUT2D eigenvalue weighted by molar-refractivity contribution is -0.111. The zero-order valence-corrected chi connectivity index (χ0v) is 18.9. The smallest absolute Gasteiger partial charge is 0.248 e. The lowest BCUT2D eigenvalue weighted by Crippen LogP contribution is -2.07. The van der Waals surface area contributed by atoms with Crippen LogP contribution in [0.1, 0.15) is 5.56 Å². The summed E-state index contributed by atoms with van der Waals surface area (Å²) in [6.45, 7) is 0. The second-order valence-electron chi connectivity index (χ2n) is 7.29. The first kappa shape index (κ1) is 22.5. The maximum absolute atomic E-state index is 12.4. The van der Waals surface area contributed by atoms with E-state index in [0.717, 1.165) is 22.5 Å². The van der Waals surface area contributed by atoms with E-state index >= 15 is 0 Å². The summed E-state index contributed by atoms with van der Waals surface area (Å²) in [5, 5.41) is 6.11. The van der Waals surface area contributed by atoms with Crippen molar-refractivity contribution in [1.29, 1.82) is 0 Å². The highest BCUT2D eigenvalue weighted by Gasteiger charge is 2.05. The van der Waals surface area contributed by atoms with Crippen LogP contribution in [0.2, 0.25) is 0 Å². The highest BCUT2D eigenvalue weighted by molar-refractivity contribution is 6.02. The third kappa shape index (κ3) is 5.77. The maximum atomic E-state index is 12.4. The molecule has 0 radical (unpaired) electrons. The van der Waals surface area contributed by atoms with Gasteiger partial charge in [-0.05, 0) is 42.5 Å². The Labute approximate surface area is 198 Å². The molecular formula is C27H24N4O3. The molecule has 3 aromatic carbocycles. The Bertz CT molecular complexity index is 1290. The van der Waals surface area contributed by atoms with Gasteiger partial charge in [0.2, 0.25) is 5.91 Å². The first-order valence-electron chi connectivity index (χ1n) is 10.6. The number of methoxy groups -OCH3 is 2. The summed E-state index contributed by atoms with van der Waals surface area (Å²) in [6.07, 6.45) is 4.69. The Hall–Kier alpha value is -4.65. The third-order valence-corrected chi connectivity index (χ3v) is 5.02. The first-order chi connectivity index (χ1) is 16.6. The van der Waals surface area contributed by atoms with Crippen molar-refractivity contribution in [1.82, 2.24) is 9.97 Å². The lowest BCUT2D eigenvalue weighted by atomic mass is 10.1. The predicted octanol–water partition coefficient (Wildman–Crippen LogP) is 5.56. The SMILES string of the molecule is COc1ccc(/C=C/C(=O)Nc2ccc(Nc3cc(-c4ccccc4)ncn3)cc2)c(OC)c1. The van der Waals surface area contributed by atoms with E-state index in [4.69, 9.17) is 9.47 Å². The zero-order chi connectivity index (χ0) is 23.8. The van der Waals surface area contributed by atoms with Crippen molar-refractivity contribution in [2.24, 2.45) is 0 Å². The third-order valence-electron chi connectivity index (χ3n) is 5.02. The molecule has 0 saturated heterocycles. The van der Waals surface area contributed by atoms with Crippen LogP contribution < -0.4 is 20.1 Å². The minimum atomic E-state index is -0.248. The number of nitrogens with one attached hydrogen (secondary N) is 2. The summed E-state index contributed by atoms with van der Waals surface area (Å²) in [4.78, 5) is 21.0. The fourth-order valence-electron chi connectivity index (χ4n) is 3.28. The molecule has 4 rings (SSSR count). The number of amides is 1. The van der Waals surface area contributed by atoms with Crippen molar-refractivity contribution in [2.75, 3.05) is 24.9 Å². The van der Waals surface area contributed by atoms with Crippen LogP contribution in [0.25, 0.3) is 17.3 Å². The standard InChI is InChI=1S/C27H24N4O3/c1-33-23-14-8-20(25(16-23)34-2)9-15-27(32)31-22-12-10-21(11-13-22)30-26-17-24(28-18-29-26)19-6-4-3-5-7-19/h3-18H,1-2H3,(H,31,32)(H,28,29,30)/b15-9+. The summed E-state index contributed by atoms with van der Waals surface area (Å²) >= 11 is 0. The molecule has 0 fully saturated rings. The molecular weight excluding hydrogens is 428 g/mol. The summed E-state index contributed by atoms with van der Waals surface area (Å²) in [5.41, 5.74) is 4.15. The number of rotatable bonds is 8. The van der Waals surface area contributed by atoms with Gasteiger partial charge in [0.1, 0.15) is 23.6 Å². The number of hydrogen-bond acceptors (Lipinski definition) is 6. The Morgan fingerprint density at radius 2 is 1.62 bits per heavy atom. The second kappa shape index (κ2) is 10.8. The monoisotopic (exact) mass is 452 g/mol. The van der Waals surface area contributed by atoms with Crippen LogP contribution in [0, 0.1) is 0 Å². The Morgan fingerprint density at radius 1 is 0.853 bits per heavy atom. The largest absolute Gasteiger partial charge is 0.497 e. The minimum Gasteiger partial charge on any atom is -0.497 e. The fraction of sp³-hybridized carbons (Fsp3) is 0.0741. The average molecular weight is 453 g/mol. The number of hydrogen-bond donors (Lipinski definition) is 2. The second-order valence-corrected chi connectivity index (χ2v) is 7.29. The van der Waals surface area contributed by atoms with Crippen molar-refractivity contribution in [3.8, 4) is 22.8 Å². The van der Waals surface area contributed by atoms with Crippen LogP contribution in [0.3, 0.4) is 0 Å². The molecule has 1 heterocycles. The normalized spacial score (nSPS) is 10.6. The minimum absolute atomic E-state index is 0.248. The van der Waals surface area contributed by atoms with Gasteiger partial charge in [0.05, 0.1) is 19.9 Å². The summed E-state index contributed by atoms with van der Waals surface area (Å²) in [5.74, 6) is 1.74. The van der Waals surface area contributed by atoms with Crippen LogP contribution in [0.5, 0.6) is 11.5 Å². The maximum Gasteiger partial charge on any atom is 0.248 e. The van der Waals surface area contributed by atoms with Gasteiger partial charge in [0, 0.05) is 40.7 Å². The predicted molar refractivity (Wildman–Crippen MR) is 134 cm³/mol. The van der Waals surface area contributed by atoms with E-state index in [2.05, 4.69) is 20.6 Å². The molecule has 0 aliphatic rings. The number of carbonyl (C=O) groups is 1. The van der Waals surface area contributed by atoms with Crippen LogP contribution >= 0.6 is 0 Å². The van der Waals surface area contributed by atoms with Gasteiger partial charge >= 0.3 is 0 Å². The van der Waals surface area contributed by atoms with E-state index in [0.29, 0.717) is 23.0 Å². The number of ether oxygens (including phenoxy) is 2. The molecule has 2 N–H and O–H groups in total. The number of carbonyl (C=O) groups excluding carboxylic acids is 1.